The van der Waals surface area contributed by atoms with E-state index in [9.17, 15) is 15.0 Å². The molecule has 0 saturated carbocycles. The standard InChI is InChI=1S/C23H17Br4N3O5/c1-34-18-7-13-17(8-19(18)35-2)29-22(14-4-12(25)6-16(27)21(14)32)30(23(13)33)28-9-10-3-11(24)5-15(26)20(10)31/h3-9,22,29,31-32H,1-2H3. The number of phenolic OH excluding ortho intramolecular Hbond substituents is 2. The van der Waals surface area contributed by atoms with Gasteiger partial charge >= 0.3 is 0 Å². The summed E-state index contributed by atoms with van der Waals surface area (Å²) in [5, 5.41) is 30.1. The van der Waals surface area contributed by atoms with Gasteiger partial charge in [-0.15, -0.1) is 0 Å². The molecule has 3 aromatic rings. The van der Waals surface area contributed by atoms with Gasteiger partial charge in [0, 0.05) is 26.1 Å². The van der Waals surface area contributed by atoms with Crippen LogP contribution in [0.3, 0.4) is 0 Å². The van der Waals surface area contributed by atoms with E-state index in [2.05, 4.69) is 74.1 Å². The van der Waals surface area contributed by atoms with E-state index in [0.29, 0.717) is 51.8 Å². The zero-order chi connectivity index (χ0) is 25.4. The van der Waals surface area contributed by atoms with Crippen molar-refractivity contribution in [3.63, 3.8) is 0 Å². The predicted molar refractivity (Wildman–Crippen MR) is 147 cm³/mol. The topological polar surface area (TPSA) is 104 Å². The molecule has 3 N–H and O–H groups in total. The third kappa shape index (κ3) is 5.02. The quantitative estimate of drug-likeness (QED) is 0.251. The van der Waals surface area contributed by atoms with Crippen molar-refractivity contribution in [2.24, 2.45) is 5.10 Å². The molecule has 0 aliphatic carbocycles. The fourth-order valence-electron chi connectivity index (χ4n) is 3.56. The Labute approximate surface area is 234 Å². The van der Waals surface area contributed by atoms with E-state index in [0.717, 1.165) is 0 Å². The molecule has 182 valence electrons. The smallest absolute Gasteiger partial charge is 0.278 e. The monoisotopic (exact) mass is 731 g/mol. The first-order valence-corrected chi connectivity index (χ1v) is 13.1. The van der Waals surface area contributed by atoms with Crippen LogP contribution in [0.1, 0.15) is 27.7 Å². The summed E-state index contributed by atoms with van der Waals surface area (Å²) in [5.74, 6) is 0.266. The SMILES string of the molecule is COc1cc2c(cc1OC)C(=O)N(N=Cc1cc(Br)cc(Br)c1O)C(c1cc(Br)cc(Br)c1O)N2. The number of aromatic hydroxyl groups is 2. The van der Waals surface area contributed by atoms with E-state index < -0.39 is 12.1 Å². The Morgan fingerprint density at radius 3 is 2.17 bits per heavy atom. The number of anilines is 1. The largest absolute Gasteiger partial charge is 0.506 e. The Balaban J connectivity index is 1.88. The highest BCUT2D eigenvalue weighted by Gasteiger charge is 2.36. The highest BCUT2D eigenvalue weighted by molar-refractivity contribution is 9.11. The highest BCUT2D eigenvalue weighted by atomic mass is 79.9. The summed E-state index contributed by atoms with van der Waals surface area (Å²) in [4.78, 5) is 13.7. The Morgan fingerprint density at radius 2 is 1.51 bits per heavy atom. The second-order valence-electron chi connectivity index (χ2n) is 7.34. The second-order valence-corrected chi connectivity index (χ2v) is 10.9. The number of ether oxygens (including phenoxy) is 2. The number of phenols is 2. The molecule has 0 fully saturated rings. The lowest BCUT2D eigenvalue weighted by Gasteiger charge is -2.35. The molecule has 0 spiro atoms. The van der Waals surface area contributed by atoms with Crippen molar-refractivity contribution < 1.29 is 24.5 Å². The number of halogens is 4. The number of nitrogens with one attached hydrogen (secondary N) is 1. The highest BCUT2D eigenvalue weighted by Crippen LogP contribution is 2.44. The first kappa shape index (κ1) is 25.8. The Kier molecular flexibility index (Phi) is 7.65. The van der Waals surface area contributed by atoms with Crippen LogP contribution in [-0.2, 0) is 0 Å². The third-order valence-electron chi connectivity index (χ3n) is 5.23. The van der Waals surface area contributed by atoms with E-state index in [1.54, 1.807) is 36.4 Å². The first-order valence-electron chi connectivity index (χ1n) is 9.90. The average molecular weight is 735 g/mol. The lowest BCUT2D eigenvalue weighted by molar-refractivity contribution is 0.0689. The minimum Gasteiger partial charge on any atom is -0.506 e. The van der Waals surface area contributed by atoms with Gasteiger partial charge in [-0.25, -0.2) is 5.01 Å². The van der Waals surface area contributed by atoms with Gasteiger partial charge in [0.15, 0.2) is 17.7 Å². The lowest BCUT2D eigenvalue weighted by Crippen LogP contribution is -2.39. The number of hydrogen-bond acceptors (Lipinski definition) is 7. The van der Waals surface area contributed by atoms with Gasteiger partial charge in [-0.3, -0.25) is 4.79 Å². The normalized spacial score (nSPS) is 15.2. The fraction of sp³-hybridized carbons (Fsp3) is 0.130. The minimum absolute atomic E-state index is 0.0363. The number of amides is 1. The summed E-state index contributed by atoms with van der Waals surface area (Å²) in [6.07, 6.45) is 0.476. The van der Waals surface area contributed by atoms with Crippen molar-refractivity contribution in [3.8, 4) is 23.0 Å². The Hall–Kier alpha value is -2.28. The summed E-state index contributed by atoms with van der Waals surface area (Å²) in [7, 11) is 2.98. The molecule has 4 rings (SSSR count). The summed E-state index contributed by atoms with van der Waals surface area (Å²) in [6.45, 7) is 0. The third-order valence-corrected chi connectivity index (χ3v) is 7.35. The number of nitrogens with zero attached hydrogens (tertiary/aromatic N) is 2. The van der Waals surface area contributed by atoms with Gasteiger partial charge < -0.3 is 25.0 Å². The van der Waals surface area contributed by atoms with Crippen molar-refractivity contribution >= 4 is 81.5 Å². The van der Waals surface area contributed by atoms with E-state index in [1.807, 2.05) is 0 Å². The second kappa shape index (κ2) is 10.4. The van der Waals surface area contributed by atoms with Crippen LogP contribution < -0.4 is 14.8 Å². The molecule has 1 aliphatic rings. The van der Waals surface area contributed by atoms with E-state index in [1.165, 1.54) is 25.4 Å². The summed E-state index contributed by atoms with van der Waals surface area (Å²) >= 11 is 13.5. The molecule has 3 aromatic carbocycles. The molecule has 1 atom stereocenters. The van der Waals surface area contributed by atoms with Crippen LogP contribution in [-0.4, -0.2) is 41.6 Å². The van der Waals surface area contributed by atoms with Gasteiger partial charge in [0.05, 0.1) is 40.6 Å². The molecule has 35 heavy (non-hydrogen) atoms. The molecule has 0 radical (unpaired) electrons. The number of carbonyl (C=O) groups is 1. The zero-order valence-electron chi connectivity index (χ0n) is 18.1. The maximum Gasteiger partial charge on any atom is 0.278 e. The van der Waals surface area contributed by atoms with Crippen molar-refractivity contribution in [2.45, 2.75) is 6.17 Å². The number of methoxy groups -OCH3 is 2. The number of hydrogen-bond donors (Lipinski definition) is 3. The van der Waals surface area contributed by atoms with E-state index in [-0.39, 0.29) is 11.5 Å². The van der Waals surface area contributed by atoms with Crippen LogP contribution in [0.5, 0.6) is 23.0 Å². The number of hydrazone groups is 1. The van der Waals surface area contributed by atoms with Gasteiger partial charge in [-0.05, 0) is 62.2 Å². The van der Waals surface area contributed by atoms with Crippen LogP contribution in [0.4, 0.5) is 5.69 Å². The molecule has 8 nitrogen and oxygen atoms in total. The Bertz CT molecular complexity index is 1370. The zero-order valence-corrected chi connectivity index (χ0v) is 24.5. The number of rotatable bonds is 5. The number of fused-ring (bicyclic) bond motifs is 1. The van der Waals surface area contributed by atoms with Gasteiger partial charge in [-0.1, -0.05) is 31.9 Å². The van der Waals surface area contributed by atoms with Gasteiger partial charge in [0.1, 0.15) is 11.5 Å². The molecule has 0 aromatic heterocycles. The van der Waals surface area contributed by atoms with Crippen LogP contribution >= 0.6 is 63.7 Å². The predicted octanol–water partition coefficient (Wildman–Crippen LogP) is 6.77. The van der Waals surface area contributed by atoms with Crippen LogP contribution in [0, 0.1) is 0 Å². The maximum absolute atomic E-state index is 13.7. The van der Waals surface area contributed by atoms with Crippen LogP contribution in [0.25, 0.3) is 0 Å². The Morgan fingerprint density at radius 1 is 0.914 bits per heavy atom. The van der Waals surface area contributed by atoms with Crippen molar-refractivity contribution in [1.82, 2.24) is 5.01 Å². The molecule has 0 saturated heterocycles. The summed E-state index contributed by atoms with van der Waals surface area (Å²) in [6, 6.07) is 9.95. The van der Waals surface area contributed by atoms with Crippen molar-refractivity contribution in [1.29, 1.82) is 0 Å². The van der Waals surface area contributed by atoms with Gasteiger partial charge in [0.25, 0.3) is 5.91 Å². The molecule has 1 unspecified atom stereocenters. The van der Waals surface area contributed by atoms with Gasteiger partial charge in [-0.2, -0.15) is 5.10 Å². The molecule has 12 heteroatoms. The first-order chi connectivity index (χ1) is 16.6. The van der Waals surface area contributed by atoms with Gasteiger partial charge in [0.2, 0.25) is 0 Å². The number of carbonyl (C=O) groups excluding carboxylic acids is 1. The van der Waals surface area contributed by atoms with Crippen LogP contribution in [0.2, 0.25) is 0 Å². The molecule has 1 heterocycles. The molecule has 1 aliphatic heterocycles. The van der Waals surface area contributed by atoms with E-state index >= 15 is 0 Å². The molecule has 0 bridgehead atoms. The molecular formula is C23H17Br4N3O5. The summed E-state index contributed by atoms with van der Waals surface area (Å²) < 4.78 is 13.0. The lowest BCUT2D eigenvalue weighted by atomic mass is 10.0. The maximum atomic E-state index is 13.7. The minimum atomic E-state index is -0.893. The van der Waals surface area contributed by atoms with E-state index in [4.69, 9.17) is 9.47 Å². The van der Waals surface area contributed by atoms with Crippen molar-refractivity contribution in [3.05, 3.63) is 71.0 Å². The molecule has 1 amide bonds. The summed E-state index contributed by atoms with van der Waals surface area (Å²) in [5.41, 5.74) is 1.53. The molecular weight excluding hydrogens is 718 g/mol. The number of benzene rings is 3. The van der Waals surface area contributed by atoms with Crippen LogP contribution in [0.15, 0.2) is 59.4 Å². The average Bonchev–Trinajstić information content (AvgIpc) is 2.82. The fourth-order valence-corrected chi connectivity index (χ4v) is 6.07. The van der Waals surface area contributed by atoms with Crippen molar-refractivity contribution in [2.75, 3.05) is 19.5 Å².